The van der Waals surface area contributed by atoms with Crippen molar-refractivity contribution in [3.63, 3.8) is 0 Å². The predicted octanol–water partition coefficient (Wildman–Crippen LogP) is 12.3. The van der Waals surface area contributed by atoms with E-state index < -0.39 is 0 Å². The molecule has 1 aromatic heterocycles. The fourth-order valence-electron chi connectivity index (χ4n) is 7.12. The Morgan fingerprint density at radius 1 is 0.587 bits per heavy atom. The lowest BCUT2D eigenvalue weighted by Crippen LogP contribution is -2.12. The molecule has 6 aromatic carbocycles. The molecule has 218 valence electrons. The number of hydrogen-bond donors (Lipinski definition) is 0. The average Bonchev–Trinajstić information content (AvgIpc) is 3.50. The number of para-hydroxylation sites is 2. The number of anilines is 3. The maximum absolute atomic E-state index is 6.25. The molecule has 2 nitrogen and oxygen atoms in total. The van der Waals surface area contributed by atoms with Crippen LogP contribution in [0.1, 0.15) is 12.0 Å². The van der Waals surface area contributed by atoms with Crippen LogP contribution in [0.25, 0.3) is 49.4 Å². The first-order valence-electron chi connectivity index (χ1n) is 16.0. The predicted molar refractivity (Wildman–Crippen MR) is 194 cm³/mol. The van der Waals surface area contributed by atoms with Gasteiger partial charge in [-0.3, -0.25) is 0 Å². The highest BCUT2D eigenvalue weighted by Crippen LogP contribution is 2.45. The van der Waals surface area contributed by atoms with Gasteiger partial charge in [0.05, 0.1) is 5.69 Å². The molecule has 1 heterocycles. The van der Waals surface area contributed by atoms with E-state index in [9.17, 15) is 0 Å². The highest BCUT2D eigenvalue weighted by atomic mass is 16.3. The van der Waals surface area contributed by atoms with Gasteiger partial charge in [-0.25, -0.2) is 0 Å². The van der Waals surface area contributed by atoms with Gasteiger partial charge in [0, 0.05) is 33.6 Å². The van der Waals surface area contributed by atoms with Crippen LogP contribution >= 0.6 is 0 Å². The van der Waals surface area contributed by atoms with E-state index in [2.05, 4.69) is 163 Å². The highest BCUT2D eigenvalue weighted by Gasteiger charge is 2.22. The van der Waals surface area contributed by atoms with Crippen LogP contribution in [0.5, 0.6) is 0 Å². The van der Waals surface area contributed by atoms with Gasteiger partial charge in [0.25, 0.3) is 0 Å². The third-order valence-corrected chi connectivity index (χ3v) is 9.35. The van der Waals surface area contributed by atoms with Crippen molar-refractivity contribution in [1.29, 1.82) is 0 Å². The normalized spacial score (nSPS) is 15.6. The minimum atomic E-state index is 0.453. The van der Waals surface area contributed by atoms with Crippen molar-refractivity contribution in [2.75, 3.05) is 4.90 Å². The van der Waals surface area contributed by atoms with E-state index in [0.29, 0.717) is 5.92 Å². The Bertz CT molecular complexity index is 2400. The van der Waals surface area contributed by atoms with Crippen LogP contribution in [0.2, 0.25) is 0 Å². The van der Waals surface area contributed by atoms with Crippen LogP contribution in [-0.2, 0) is 0 Å². The third kappa shape index (κ3) is 4.50. The summed E-state index contributed by atoms with van der Waals surface area (Å²) in [5, 5.41) is 4.71. The number of hydrogen-bond acceptors (Lipinski definition) is 2. The second kappa shape index (κ2) is 10.9. The van der Waals surface area contributed by atoms with Crippen molar-refractivity contribution in [1.82, 2.24) is 0 Å². The maximum atomic E-state index is 6.25. The van der Waals surface area contributed by atoms with Crippen molar-refractivity contribution >= 4 is 55.3 Å². The lowest BCUT2D eigenvalue weighted by molar-refractivity contribution is 0.669. The van der Waals surface area contributed by atoms with Gasteiger partial charge in [-0.2, -0.15) is 0 Å². The summed E-state index contributed by atoms with van der Waals surface area (Å²) in [5.74, 6) is 0.453. The largest absolute Gasteiger partial charge is 0.456 e. The van der Waals surface area contributed by atoms with Crippen molar-refractivity contribution < 1.29 is 4.42 Å². The first-order valence-corrected chi connectivity index (χ1v) is 16.0. The van der Waals surface area contributed by atoms with Crippen LogP contribution in [0.4, 0.5) is 17.1 Å². The summed E-state index contributed by atoms with van der Waals surface area (Å²) in [5.41, 5.74) is 11.4. The van der Waals surface area contributed by atoms with E-state index in [1.807, 2.05) is 12.1 Å². The quantitative estimate of drug-likeness (QED) is 0.199. The molecule has 0 fully saturated rings. The van der Waals surface area contributed by atoms with E-state index in [4.69, 9.17) is 4.42 Å². The van der Waals surface area contributed by atoms with Gasteiger partial charge in [0.2, 0.25) is 0 Å². The van der Waals surface area contributed by atoms with Crippen LogP contribution in [0.15, 0.2) is 180 Å². The summed E-state index contributed by atoms with van der Waals surface area (Å²) in [7, 11) is 0. The van der Waals surface area contributed by atoms with E-state index in [-0.39, 0.29) is 0 Å². The van der Waals surface area contributed by atoms with Gasteiger partial charge in [0.15, 0.2) is 0 Å². The number of furan rings is 1. The lowest BCUT2D eigenvalue weighted by atomic mass is 9.83. The second-order valence-corrected chi connectivity index (χ2v) is 12.1. The lowest BCUT2D eigenvalue weighted by Gasteiger charge is -2.29. The van der Waals surface area contributed by atoms with Crippen molar-refractivity contribution in [2.24, 2.45) is 5.92 Å². The van der Waals surface area contributed by atoms with Crippen molar-refractivity contribution in [2.45, 2.75) is 6.42 Å². The van der Waals surface area contributed by atoms with Crippen LogP contribution < -0.4 is 4.90 Å². The SMILES string of the molecule is C1=CC2=CC(c3cc(N(c4ccc5oc6ccccc6c5c4)c4ccccc4-c4ccccc4)cc4ccccc34)=CCC2C=C1. The van der Waals surface area contributed by atoms with Crippen LogP contribution in [0.3, 0.4) is 0 Å². The topological polar surface area (TPSA) is 16.4 Å². The molecule has 0 bridgehead atoms. The smallest absolute Gasteiger partial charge is 0.135 e. The molecule has 0 radical (unpaired) electrons. The van der Waals surface area contributed by atoms with Gasteiger partial charge in [-0.1, -0.05) is 127 Å². The number of benzene rings is 6. The highest BCUT2D eigenvalue weighted by molar-refractivity contribution is 6.07. The molecule has 0 N–H and O–H groups in total. The molecular weight excluding hydrogens is 558 g/mol. The standard InChI is InChI=1S/C44H31NO/c1-2-13-31(14-3-1)38-18-8-10-20-42(38)45(35-24-25-44-41(28-35)39-19-9-11-21-43(39)46-44)36-27-33-16-6-7-17-37(33)40(29-36)34-23-22-30-12-4-5-15-32(30)26-34/h1-21,23-30H,22H2. The van der Waals surface area contributed by atoms with E-state index in [1.165, 1.54) is 38.6 Å². The molecule has 2 aliphatic rings. The Morgan fingerprint density at radius 3 is 2.30 bits per heavy atom. The first kappa shape index (κ1) is 26.5. The Kier molecular flexibility index (Phi) is 6.31. The molecule has 1 unspecified atom stereocenters. The average molecular weight is 590 g/mol. The molecule has 0 saturated heterocycles. The maximum Gasteiger partial charge on any atom is 0.135 e. The van der Waals surface area contributed by atoms with Gasteiger partial charge < -0.3 is 9.32 Å². The molecular formula is C44H31NO. The summed E-state index contributed by atoms with van der Waals surface area (Å²) >= 11 is 0. The Hall–Kier alpha value is -5.86. The number of nitrogens with zero attached hydrogens (tertiary/aromatic N) is 1. The van der Waals surface area contributed by atoms with Gasteiger partial charge in [0.1, 0.15) is 11.2 Å². The molecule has 7 aromatic rings. The molecule has 0 saturated carbocycles. The fourth-order valence-corrected chi connectivity index (χ4v) is 7.12. The first-order chi connectivity index (χ1) is 22.8. The zero-order valence-corrected chi connectivity index (χ0v) is 25.3. The Labute approximate surface area is 268 Å². The number of fused-ring (bicyclic) bond motifs is 5. The minimum Gasteiger partial charge on any atom is -0.456 e. The third-order valence-electron chi connectivity index (χ3n) is 9.35. The monoisotopic (exact) mass is 589 g/mol. The van der Waals surface area contributed by atoms with Gasteiger partial charge >= 0.3 is 0 Å². The Balaban J connectivity index is 1.30. The molecule has 2 aliphatic carbocycles. The summed E-state index contributed by atoms with van der Waals surface area (Å²) in [6.07, 6.45) is 14.7. The fraction of sp³-hybridized carbons (Fsp3) is 0.0455. The van der Waals surface area contributed by atoms with E-state index in [1.54, 1.807) is 0 Å². The molecule has 2 heteroatoms. The number of rotatable bonds is 5. The molecule has 46 heavy (non-hydrogen) atoms. The molecule has 1 atom stereocenters. The summed E-state index contributed by atoms with van der Waals surface area (Å²) < 4.78 is 6.25. The van der Waals surface area contributed by atoms with E-state index >= 15 is 0 Å². The summed E-state index contributed by atoms with van der Waals surface area (Å²) in [6, 6.07) is 47.8. The van der Waals surface area contributed by atoms with E-state index in [0.717, 1.165) is 45.4 Å². The molecule has 0 amide bonds. The molecule has 0 spiro atoms. The van der Waals surface area contributed by atoms with Crippen molar-refractivity contribution in [3.8, 4) is 11.1 Å². The second-order valence-electron chi connectivity index (χ2n) is 12.1. The minimum absolute atomic E-state index is 0.453. The van der Waals surface area contributed by atoms with Crippen LogP contribution in [-0.4, -0.2) is 0 Å². The molecule has 0 aliphatic heterocycles. The van der Waals surface area contributed by atoms with Crippen molar-refractivity contribution in [3.05, 3.63) is 181 Å². The van der Waals surface area contributed by atoms with Gasteiger partial charge in [-0.15, -0.1) is 0 Å². The molecule has 9 rings (SSSR count). The summed E-state index contributed by atoms with van der Waals surface area (Å²) in [4.78, 5) is 2.42. The summed E-state index contributed by atoms with van der Waals surface area (Å²) in [6.45, 7) is 0. The zero-order valence-electron chi connectivity index (χ0n) is 25.3. The zero-order chi connectivity index (χ0) is 30.5. The number of allylic oxidation sites excluding steroid dienone is 8. The Morgan fingerprint density at radius 2 is 1.37 bits per heavy atom. The van der Waals surface area contributed by atoms with Gasteiger partial charge in [-0.05, 0) is 81.9 Å². The van der Waals surface area contributed by atoms with Crippen LogP contribution in [0, 0.1) is 5.92 Å².